The van der Waals surface area contributed by atoms with Gasteiger partial charge in [0.2, 0.25) is 0 Å². The third-order valence-corrected chi connectivity index (χ3v) is 3.91. The standard InChI is InChI=1S/C15H13ClN2O2/c1-9-15(16)10(2)18(17-9)7-13(19)12-8-20-14-6-4-3-5-11(12)14/h3-6,8H,7H2,1-2H3. The first kappa shape index (κ1) is 12.9. The maximum absolute atomic E-state index is 12.4. The molecule has 4 nitrogen and oxygen atoms in total. The number of benzene rings is 1. The van der Waals surface area contributed by atoms with Crippen molar-refractivity contribution in [1.29, 1.82) is 0 Å². The Kier molecular flexibility index (Phi) is 3.10. The molecule has 1 aromatic carbocycles. The second-order valence-corrected chi connectivity index (χ2v) is 5.09. The lowest BCUT2D eigenvalue weighted by Crippen LogP contribution is -2.12. The third kappa shape index (κ3) is 2.02. The summed E-state index contributed by atoms with van der Waals surface area (Å²) in [6.07, 6.45) is 1.50. The van der Waals surface area contributed by atoms with Crippen LogP contribution in [-0.4, -0.2) is 15.6 Å². The molecule has 0 amide bonds. The summed E-state index contributed by atoms with van der Waals surface area (Å²) in [5, 5.41) is 5.70. The van der Waals surface area contributed by atoms with Crippen molar-refractivity contribution in [1.82, 2.24) is 9.78 Å². The lowest BCUT2D eigenvalue weighted by molar-refractivity contribution is 0.0967. The molecule has 0 saturated heterocycles. The molecular formula is C15H13ClN2O2. The minimum Gasteiger partial charge on any atom is -0.464 e. The Bertz CT molecular complexity index is 801. The highest BCUT2D eigenvalue weighted by Crippen LogP contribution is 2.23. The molecule has 0 bridgehead atoms. The lowest BCUT2D eigenvalue weighted by Gasteiger charge is -2.02. The van der Waals surface area contributed by atoms with Crippen LogP contribution in [0.25, 0.3) is 11.0 Å². The number of aryl methyl sites for hydroxylation is 1. The number of hydrogen-bond donors (Lipinski definition) is 0. The second-order valence-electron chi connectivity index (χ2n) is 4.71. The van der Waals surface area contributed by atoms with E-state index in [1.54, 1.807) is 4.68 Å². The molecule has 5 heteroatoms. The molecule has 102 valence electrons. The topological polar surface area (TPSA) is 48.0 Å². The van der Waals surface area contributed by atoms with Crippen molar-refractivity contribution in [3.63, 3.8) is 0 Å². The van der Waals surface area contributed by atoms with E-state index in [4.69, 9.17) is 16.0 Å². The molecule has 0 aliphatic carbocycles. The Morgan fingerprint density at radius 2 is 2.10 bits per heavy atom. The molecule has 20 heavy (non-hydrogen) atoms. The first-order valence-corrected chi connectivity index (χ1v) is 6.64. The molecule has 3 rings (SSSR count). The van der Waals surface area contributed by atoms with Crippen LogP contribution in [0.3, 0.4) is 0 Å². The Labute approximate surface area is 120 Å². The van der Waals surface area contributed by atoms with E-state index in [1.807, 2.05) is 38.1 Å². The summed E-state index contributed by atoms with van der Waals surface area (Å²) in [7, 11) is 0. The van der Waals surface area contributed by atoms with Crippen molar-refractivity contribution in [2.45, 2.75) is 20.4 Å². The van der Waals surface area contributed by atoms with Crippen LogP contribution in [0.15, 0.2) is 34.9 Å². The molecule has 0 radical (unpaired) electrons. The summed E-state index contributed by atoms with van der Waals surface area (Å²) in [5.74, 6) is -0.0442. The van der Waals surface area contributed by atoms with Gasteiger partial charge in [0.05, 0.1) is 22.0 Å². The highest BCUT2D eigenvalue weighted by molar-refractivity contribution is 6.31. The zero-order valence-corrected chi connectivity index (χ0v) is 11.9. The molecule has 2 heterocycles. The smallest absolute Gasteiger partial charge is 0.188 e. The van der Waals surface area contributed by atoms with Crippen LogP contribution in [0.4, 0.5) is 0 Å². The molecule has 0 aliphatic rings. The van der Waals surface area contributed by atoms with Crippen molar-refractivity contribution in [3.8, 4) is 0 Å². The fourth-order valence-corrected chi connectivity index (χ4v) is 2.38. The second kappa shape index (κ2) is 4.80. The summed E-state index contributed by atoms with van der Waals surface area (Å²) in [5.41, 5.74) is 2.81. The summed E-state index contributed by atoms with van der Waals surface area (Å²) in [4.78, 5) is 12.4. The molecule has 0 spiro atoms. The SMILES string of the molecule is Cc1nn(CC(=O)c2coc3ccccc23)c(C)c1Cl. The maximum Gasteiger partial charge on any atom is 0.188 e. The minimum absolute atomic E-state index is 0.0442. The minimum atomic E-state index is -0.0442. The van der Waals surface area contributed by atoms with Crippen molar-refractivity contribution in [3.05, 3.63) is 52.5 Å². The molecule has 0 atom stereocenters. The van der Waals surface area contributed by atoms with Crippen LogP contribution in [0.5, 0.6) is 0 Å². The first-order chi connectivity index (χ1) is 9.58. The summed E-state index contributed by atoms with van der Waals surface area (Å²) < 4.78 is 7.02. The van der Waals surface area contributed by atoms with Crippen LogP contribution in [0.2, 0.25) is 5.02 Å². The van der Waals surface area contributed by atoms with Gasteiger partial charge in [0.1, 0.15) is 18.4 Å². The fourth-order valence-electron chi connectivity index (χ4n) is 2.24. The van der Waals surface area contributed by atoms with E-state index < -0.39 is 0 Å². The number of aromatic nitrogens is 2. The monoisotopic (exact) mass is 288 g/mol. The summed E-state index contributed by atoms with van der Waals surface area (Å²) in [6, 6.07) is 7.47. The molecule has 0 N–H and O–H groups in total. The van der Waals surface area contributed by atoms with Gasteiger partial charge in [-0.25, -0.2) is 0 Å². The largest absolute Gasteiger partial charge is 0.464 e. The Hall–Kier alpha value is -2.07. The van der Waals surface area contributed by atoms with Gasteiger partial charge in [-0.05, 0) is 19.9 Å². The number of carbonyl (C=O) groups excluding carboxylic acids is 1. The number of Topliss-reactive ketones (excluding diaryl/α,β-unsaturated/α-hetero) is 1. The van der Waals surface area contributed by atoms with E-state index in [-0.39, 0.29) is 12.3 Å². The molecule has 3 aromatic rings. The Morgan fingerprint density at radius 1 is 1.35 bits per heavy atom. The number of furan rings is 1. The van der Waals surface area contributed by atoms with Gasteiger partial charge in [-0.2, -0.15) is 5.10 Å². The van der Waals surface area contributed by atoms with E-state index in [9.17, 15) is 4.79 Å². The number of carbonyl (C=O) groups is 1. The van der Waals surface area contributed by atoms with Crippen molar-refractivity contribution in [2.75, 3.05) is 0 Å². The first-order valence-electron chi connectivity index (χ1n) is 6.27. The predicted octanol–water partition coefficient (Wildman–Crippen LogP) is 3.78. The van der Waals surface area contributed by atoms with Gasteiger partial charge >= 0.3 is 0 Å². The average Bonchev–Trinajstić information content (AvgIpc) is 2.97. The molecule has 0 saturated carbocycles. The van der Waals surface area contributed by atoms with Gasteiger partial charge < -0.3 is 4.42 Å². The van der Waals surface area contributed by atoms with Crippen molar-refractivity contribution >= 4 is 28.4 Å². The number of hydrogen-bond acceptors (Lipinski definition) is 3. The summed E-state index contributed by atoms with van der Waals surface area (Å²) in [6.45, 7) is 3.83. The molecular weight excluding hydrogens is 276 g/mol. The van der Waals surface area contributed by atoms with E-state index in [0.29, 0.717) is 16.2 Å². The lowest BCUT2D eigenvalue weighted by atomic mass is 10.1. The van der Waals surface area contributed by atoms with Crippen LogP contribution in [-0.2, 0) is 6.54 Å². The number of rotatable bonds is 3. The highest BCUT2D eigenvalue weighted by atomic mass is 35.5. The van der Waals surface area contributed by atoms with Crippen LogP contribution in [0.1, 0.15) is 21.7 Å². The maximum atomic E-state index is 12.4. The van der Waals surface area contributed by atoms with Gasteiger partial charge in [0.15, 0.2) is 5.78 Å². The van der Waals surface area contributed by atoms with Crippen LogP contribution >= 0.6 is 11.6 Å². The van der Waals surface area contributed by atoms with Gasteiger partial charge in [0.25, 0.3) is 0 Å². The van der Waals surface area contributed by atoms with Gasteiger partial charge in [-0.3, -0.25) is 9.48 Å². The number of para-hydroxylation sites is 1. The molecule has 2 aromatic heterocycles. The number of nitrogens with zero attached hydrogens (tertiary/aromatic N) is 2. The zero-order chi connectivity index (χ0) is 14.3. The Morgan fingerprint density at radius 3 is 2.80 bits per heavy atom. The van der Waals surface area contributed by atoms with Crippen molar-refractivity contribution in [2.24, 2.45) is 0 Å². The van der Waals surface area contributed by atoms with Crippen LogP contribution < -0.4 is 0 Å². The van der Waals surface area contributed by atoms with E-state index in [0.717, 1.165) is 16.8 Å². The number of halogens is 1. The summed E-state index contributed by atoms with van der Waals surface area (Å²) >= 11 is 6.09. The van der Waals surface area contributed by atoms with Crippen LogP contribution in [0, 0.1) is 13.8 Å². The Balaban J connectivity index is 1.95. The van der Waals surface area contributed by atoms with E-state index in [2.05, 4.69) is 5.10 Å². The normalized spacial score (nSPS) is 11.2. The average molecular weight is 289 g/mol. The van der Waals surface area contributed by atoms with Gasteiger partial charge in [-0.1, -0.05) is 29.8 Å². The predicted molar refractivity (Wildman–Crippen MR) is 77.3 cm³/mol. The van der Waals surface area contributed by atoms with Crippen molar-refractivity contribution < 1.29 is 9.21 Å². The third-order valence-electron chi connectivity index (χ3n) is 3.37. The quantitative estimate of drug-likeness (QED) is 0.689. The molecule has 0 unspecified atom stereocenters. The van der Waals surface area contributed by atoms with Gasteiger partial charge in [-0.15, -0.1) is 0 Å². The van der Waals surface area contributed by atoms with E-state index >= 15 is 0 Å². The molecule has 0 fully saturated rings. The number of ketones is 1. The fraction of sp³-hybridized carbons (Fsp3) is 0.200. The van der Waals surface area contributed by atoms with Gasteiger partial charge in [0, 0.05) is 5.39 Å². The molecule has 0 aliphatic heterocycles. The zero-order valence-electron chi connectivity index (χ0n) is 11.2. The highest BCUT2D eigenvalue weighted by Gasteiger charge is 2.17. The number of fused-ring (bicyclic) bond motifs is 1. The van der Waals surface area contributed by atoms with E-state index in [1.165, 1.54) is 6.26 Å².